The van der Waals surface area contributed by atoms with E-state index in [1.165, 1.54) is 12.0 Å². The van der Waals surface area contributed by atoms with Crippen LogP contribution in [0.5, 0.6) is 0 Å². The predicted octanol–water partition coefficient (Wildman–Crippen LogP) is 2.87. The highest BCUT2D eigenvalue weighted by molar-refractivity contribution is 5.62. The molecule has 0 saturated heterocycles. The van der Waals surface area contributed by atoms with Crippen LogP contribution in [0.15, 0.2) is 29.0 Å². The van der Waals surface area contributed by atoms with E-state index in [0.717, 1.165) is 24.2 Å². The largest absolute Gasteiger partial charge is 0.423 e. The number of benzene rings is 1. The Labute approximate surface area is 94.7 Å². The van der Waals surface area contributed by atoms with Gasteiger partial charge in [-0.3, -0.25) is 0 Å². The van der Waals surface area contributed by atoms with Crippen molar-refractivity contribution < 1.29 is 4.42 Å². The van der Waals surface area contributed by atoms with E-state index in [1.54, 1.807) is 0 Å². The second-order valence-corrected chi connectivity index (χ2v) is 3.70. The van der Waals surface area contributed by atoms with Gasteiger partial charge < -0.3 is 9.73 Å². The Kier molecular flexibility index (Phi) is 3.19. The fourth-order valence-corrected chi connectivity index (χ4v) is 1.55. The molecule has 0 amide bonds. The summed E-state index contributed by atoms with van der Waals surface area (Å²) in [5, 5.41) is 10.9. The van der Waals surface area contributed by atoms with Crippen LogP contribution in [-0.2, 0) is 0 Å². The van der Waals surface area contributed by atoms with Crippen LogP contribution in [0.3, 0.4) is 0 Å². The van der Waals surface area contributed by atoms with Crippen LogP contribution in [0.1, 0.15) is 18.9 Å². The van der Waals surface area contributed by atoms with E-state index in [4.69, 9.17) is 4.42 Å². The molecule has 4 nitrogen and oxygen atoms in total. The van der Waals surface area contributed by atoms with Gasteiger partial charge in [0.15, 0.2) is 0 Å². The third-order valence-electron chi connectivity index (χ3n) is 2.40. The number of anilines is 1. The van der Waals surface area contributed by atoms with Crippen LogP contribution >= 0.6 is 0 Å². The predicted molar refractivity (Wildman–Crippen MR) is 63.3 cm³/mol. The summed E-state index contributed by atoms with van der Waals surface area (Å²) in [5.74, 6) is 0.560. The lowest BCUT2D eigenvalue weighted by atomic mass is 10.1. The number of nitrogens with one attached hydrogen (secondary N) is 1. The summed E-state index contributed by atoms with van der Waals surface area (Å²) < 4.78 is 5.15. The standard InChI is InChI=1S/C12H15N3O/c1-3-6-13-11-5-4-10(7-9(11)2)12-15-14-8-16-12/h4-5,7-8,13H,3,6H2,1-2H3. The van der Waals surface area contributed by atoms with Crippen LogP contribution in [0.4, 0.5) is 5.69 Å². The summed E-state index contributed by atoms with van der Waals surface area (Å²) in [6.07, 6.45) is 2.46. The van der Waals surface area contributed by atoms with Gasteiger partial charge in [-0.1, -0.05) is 6.92 Å². The minimum atomic E-state index is 0.560. The minimum Gasteiger partial charge on any atom is -0.423 e. The van der Waals surface area contributed by atoms with Crippen LogP contribution in [0.25, 0.3) is 11.5 Å². The Morgan fingerprint density at radius 2 is 2.25 bits per heavy atom. The Morgan fingerprint density at radius 3 is 2.88 bits per heavy atom. The Hall–Kier alpha value is -1.84. The molecule has 0 fully saturated rings. The van der Waals surface area contributed by atoms with Gasteiger partial charge in [0.2, 0.25) is 12.3 Å². The third kappa shape index (κ3) is 2.21. The third-order valence-corrected chi connectivity index (χ3v) is 2.40. The summed E-state index contributed by atoms with van der Waals surface area (Å²) in [5.41, 5.74) is 3.30. The average Bonchev–Trinajstić information content (AvgIpc) is 2.81. The van der Waals surface area contributed by atoms with Gasteiger partial charge in [0.25, 0.3) is 0 Å². The molecule has 0 aliphatic heterocycles. The van der Waals surface area contributed by atoms with Crippen molar-refractivity contribution in [1.82, 2.24) is 10.2 Å². The van der Waals surface area contributed by atoms with Gasteiger partial charge in [-0.25, -0.2) is 0 Å². The van der Waals surface area contributed by atoms with Crippen LogP contribution in [-0.4, -0.2) is 16.7 Å². The Morgan fingerprint density at radius 1 is 1.38 bits per heavy atom. The molecule has 1 aromatic heterocycles. The van der Waals surface area contributed by atoms with Crippen LogP contribution < -0.4 is 5.32 Å². The maximum Gasteiger partial charge on any atom is 0.247 e. The first-order chi connectivity index (χ1) is 7.81. The number of aryl methyl sites for hydroxylation is 1. The summed E-state index contributed by atoms with van der Waals surface area (Å²) >= 11 is 0. The maximum atomic E-state index is 5.15. The zero-order valence-electron chi connectivity index (χ0n) is 9.53. The molecule has 2 aromatic rings. The average molecular weight is 217 g/mol. The number of hydrogen-bond acceptors (Lipinski definition) is 4. The molecule has 0 bridgehead atoms. The fourth-order valence-electron chi connectivity index (χ4n) is 1.55. The van der Waals surface area contributed by atoms with Crippen molar-refractivity contribution in [3.8, 4) is 11.5 Å². The molecule has 1 N–H and O–H groups in total. The van der Waals surface area contributed by atoms with E-state index < -0.39 is 0 Å². The molecule has 4 heteroatoms. The van der Waals surface area contributed by atoms with Gasteiger partial charge >= 0.3 is 0 Å². The van der Waals surface area contributed by atoms with Crippen molar-refractivity contribution in [1.29, 1.82) is 0 Å². The van der Waals surface area contributed by atoms with Gasteiger partial charge in [-0.15, -0.1) is 10.2 Å². The molecule has 0 saturated carbocycles. The molecular weight excluding hydrogens is 202 g/mol. The summed E-state index contributed by atoms with van der Waals surface area (Å²) in [7, 11) is 0. The number of hydrogen-bond donors (Lipinski definition) is 1. The molecular formula is C12H15N3O. The van der Waals surface area contributed by atoms with Crippen LogP contribution in [0.2, 0.25) is 0 Å². The first kappa shape index (κ1) is 10.7. The van der Waals surface area contributed by atoms with Crippen molar-refractivity contribution in [2.75, 3.05) is 11.9 Å². The highest BCUT2D eigenvalue weighted by Gasteiger charge is 2.05. The van der Waals surface area contributed by atoms with Gasteiger partial charge in [0, 0.05) is 17.8 Å². The topological polar surface area (TPSA) is 51.0 Å². The lowest BCUT2D eigenvalue weighted by Crippen LogP contribution is -2.01. The van der Waals surface area contributed by atoms with Crippen molar-refractivity contribution in [2.45, 2.75) is 20.3 Å². The molecule has 0 aliphatic rings. The number of rotatable bonds is 4. The van der Waals surface area contributed by atoms with E-state index in [2.05, 4.69) is 29.4 Å². The van der Waals surface area contributed by atoms with Gasteiger partial charge in [-0.05, 0) is 37.1 Å². The first-order valence-corrected chi connectivity index (χ1v) is 5.42. The van der Waals surface area contributed by atoms with Crippen molar-refractivity contribution >= 4 is 5.69 Å². The quantitative estimate of drug-likeness (QED) is 0.855. The molecule has 1 heterocycles. The van der Waals surface area contributed by atoms with Gasteiger partial charge in [-0.2, -0.15) is 0 Å². The molecule has 0 aliphatic carbocycles. The lowest BCUT2D eigenvalue weighted by molar-refractivity contribution is 0.568. The second kappa shape index (κ2) is 4.79. The SMILES string of the molecule is CCCNc1ccc(-c2nnco2)cc1C. The summed E-state index contributed by atoms with van der Waals surface area (Å²) in [6.45, 7) is 5.20. The second-order valence-electron chi connectivity index (χ2n) is 3.70. The maximum absolute atomic E-state index is 5.15. The van der Waals surface area contributed by atoms with Gasteiger partial charge in [0.1, 0.15) is 0 Å². The highest BCUT2D eigenvalue weighted by Crippen LogP contribution is 2.22. The van der Waals surface area contributed by atoms with E-state index in [1.807, 2.05) is 18.2 Å². The Balaban J connectivity index is 2.23. The monoisotopic (exact) mass is 217 g/mol. The van der Waals surface area contributed by atoms with Crippen molar-refractivity contribution in [2.24, 2.45) is 0 Å². The summed E-state index contributed by atoms with van der Waals surface area (Å²) in [4.78, 5) is 0. The Bertz CT molecular complexity index is 451. The molecule has 84 valence electrons. The summed E-state index contributed by atoms with van der Waals surface area (Å²) in [6, 6.07) is 6.08. The molecule has 1 aromatic carbocycles. The molecule has 2 rings (SSSR count). The zero-order chi connectivity index (χ0) is 11.4. The van der Waals surface area contributed by atoms with E-state index in [-0.39, 0.29) is 0 Å². The van der Waals surface area contributed by atoms with E-state index >= 15 is 0 Å². The molecule has 16 heavy (non-hydrogen) atoms. The minimum absolute atomic E-state index is 0.560. The van der Waals surface area contributed by atoms with Crippen molar-refractivity contribution in [3.63, 3.8) is 0 Å². The first-order valence-electron chi connectivity index (χ1n) is 5.42. The highest BCUT2D eigenvalue weighted by atomic mass is 16.4. The van der Waals surface area contributed by atoms with Crippen molar-refractivity contribution in [3.05, 3.63) is 30.2 Å². The molecule has 0 unspecified atom stereocenters. The molecule has 0 atom stereocenters. The number of nitrogens with zero attached hydrogens (tertiary/aromatic N) is 2. The van der Waals surface area contributed by atoms with E-state index in [0.29, 0.717) is 5.89 Å². The fraction of sp³-hybridized carbons (Fsp3) is 0.333. The smallest absolute Gasteiger partial charge is 0.247 e. The molecule has 0 spiro atoms. The van der Waals surface area contributed by atoms with Gasteiger partial charge in [0.05, 0.1) is 0 Å². The van der Waals surface area contributed by atoms with E-state index in [9.17, 15) is 0 Å². The molecule has 0 radical (unpaired) electrons. The number of aromatic nitrogens is 2. The normalized spacial score (nSPS) is 10.4. The lowest BCUT2D eigenvalue weighted by Gasteiger charge is -2.08. The van der Waals surface area contributed by atoms with Crippen LogP contribution in [0, 0.1) is 6.92 Å². The zero-order valence-corrected chi connectivity index (χ0v) is 9.53.